The number of rotatable bonds is 4. The van der Waals surface area contributed by atoms with Crippen LogP contribution in [0.15, 0.2) is 71.4 Å². The van der Waals surface area contributed by atoms with Gasteiger partial charge in [0, 0.05) is 53.8 Å². The highest BCUT2D eigenvalue weighted by Gasteiger charge is 2.31. The number of benzene rings is 2. The number of fused-ring (bicyclic) bond motifs is 2. The van der Waals surface area contributed by atoms with Crippen LogP contribution in [0.25, 0.3) is 11.3 Å². The van der Waals surface area contributed by atoms with Crippen molar-refractivity contribution in [1.82, 2.24) is 20.0 Å². The molecule has 4 N–H and O–H groups in total. The number of carbonyl (C=O) groups excluding carboxylic acids is 2. The van der Waals surface area contributed by atoms with Crippen LogP contribution in [-0.4, -0.2) is 52.7 Å². The lowest BCUT2D eigenvalue weighted by atomic mass is 9.92. The van der Waals surface area contributed by atoms with Crippen LogP contribution in [0.1, 0.15) is 37.6 Å². The normalized spacial score (nSPS) is 17.8. The number of amides is 3. The maximum Gasteiger partial charge on any atom is 0.324 e. The molecule has 0 saturated carbocycles. The SMILES string of the molecule is CN1C(=O)C(c2cccc(NC(=O)Nc3cc(C(C)(C)C)nn3-c3ccc4c(c3)CCN4)c2)=CC2=CNC=NC21. The zero-order valence-corrected chi connectivity index (χ0v) is 22.9. The summed E-state index contributed by atoms with van der Waals surface area (Å²) in [5.41, 5.74) is 6.60. The summed E-state index contributed by atoms with van der Waals surface area (Å²) in [6.07, 6.45) is 5.87. The lowest BCUT2D eigenvalue weighted by Gasteiger charge is -2.32. The van der Waals surface area contributed by atoms with Crippen LogP contribution in [0.3, 0.4) is 0 Å². The van der Waals surface area contributed by atoms with Gasteiger partial charge in [0.2, 0.25) is 0 Å². The van der Waals surface area contributed by atoms with Crippen LogP contribution < -0.4 is 21.3 Å². The fraction of sp³-hybridized carbons (Fsp3) is 0.267. The molecular formula is C30H32N8O2. The Labute approximate surface area is 232 Å². The quantitative estimate of drug-likeness (QED) is 0.393. The van der Waals surface area contributed by atoms with E-state index < -0.39 is 6.03 Å². The number of carbonyl (C=O) groups is 2. The van der Waals surface area contributed by atoms with Crippen molar-refractivity contribution in [3.05, 3.63) is 83.2 Å². The molecule has 10 heteroatoms. The van der Waals surface area contributed by atoms with Crippen LogP contribution in [0.5, 0.6) is 0 Å². The van der Waals surface area contributed by atoms with E-state index in [2.05, 4.69) is 59.2 Å². The van der Waals surface area contributed by atoms with Crippen molar-refractivity contribution in [2.45, 2.75) is 38.8 Å². The van der Waals surface area contributed by atoms with Crippen LogP contribution in [0.2, 0.25) is 0 Å². The highest BCUT2D eigenvalue weighted by molar-refractivity contribution is 6.21. The second-order valence-electron chi connectivity index (χ2n) is 11.2. The first-order chi connectivity index (χ1) is 19.2. The van der Waals surface area contributed by atoms with Crippen molar-refractivity contribution >= 4 is 41.0 Å². The molecule has 4 heterocycles. The van der Waals surface area contributed by atoms with Crippen LogP contribution in [0, 0.1) is 0 Å². The molecule has 1 aromatic heterocycles. The van der Waals surface area contributed by atoms with Gasteiger partial charge in [-0.2, -0.15) is 5.10 Å². The van der Waals surface area contributed by atoms with Gasteiger partial charge >= 0.3 is 6.03 Å². The van der Waals surface area contributed by atoms with E-state index in [0.717, 1.165) is 35.6 Å². The molecule has 0 aliphatic carbocycles. The lowest BCUT2D eigenvalue weighted by Crippen LogP contribution is -2.42. The monoisotopic (exact) mass is 536 g/mol. The topological polar surface area (TPSA) is 116 Å². The Morgan fingerprint density at radius 1 is 1.10 bits per heavy atom. The Kier molecular flexibility index (Phi) is 6.17. The molecule has 204 valence electrons. The molecule has 3 aromatic rings. The number of nitrogens with zero attached hydrogens (tertiary/aromatic N) is 4. The van der Waals surface area contributed by atoms with Gasteiger partial charge in [-0.05, 0) is 54.0 Å². The fourth-order valence-electron chi connectivity index (χ4n) is 5.08. The first-order valence-electron chi connectivity index (χ1n) is 13.3. The average Bonchev–Trinajstić information content (AvgIpc) is 3.57. The van der Waals surface area contributed by atoms with Gasteiger partial charge in [0.1, 0.15) is 5.82 Å². The largest absolute Gasteiger partial charge is 0.384 e. The molecule has 3 aliphatic rings. The minimum Gasteiger partial charge on any atom is -0.384 e. The van der Waals surface area contributed by atoms with Gasteiger partial charge in [0.05, 0.1) is 17.7 Å². The Hall–Kier alpha value is -4.86. The Morgan fingerprint density at radius 3 is 2.77 bits per heavy atom. The fourth-order valence-corrected chi connectivity index (χ4v) is 5.08. The van der Waals surface area contributed by atoms with E-state index in [1.165, 1.54) is 5.56 Å². The summed E-state index contributed by atoms with van der Waals surface area (Å²) in [6.45, 7) is 7.19. The number of hydrogen-bond acceptors (Lipinski definition) is 6. The molecule has 0 fully saturated rings. The van der Waals surface area contributed by atoms with Gasteiger partial charge < -0.3 is 20.9 Å². The molecule has 3 amide bonds. The molecule has 40 heavy (non-hydrogen) atoms. The summed E-state index contributed by atoms with van der Waals surface area (Å²) in [5.74, 6) is 0.436. The lowest BCUT2D eigenvalue weighted by molar-refractivity contribution is -0.125. The van der Waals surface area contributed by atoms with E-state index >= 15 is 0 Å². The summed E-state index contributed by atoms with van der Waals surface area (Å²) in [5, 5.41) is 17.1. The van der Waals surface area contributed by atoms with Gasteiger partial charge in [-0.1, -0.05) is 32.9 Å². The Bertz CT molecular complexity index is 1610. The molecule has 1 unspecified atom stereocenters. The van der Waals surface area contributed by atoms with Gasteiger partial charge in [0.25, 0.3) is 5.91 Å². The number of anilines is 3. The van der Waals surface area contributed by atoms with E-state index in [1.807, 2.05) is 36.5 Å². The Morgan fingerprint density at radius 2 is 1.95 bits per heavy atom. The van der Waals surface area contributed by atoms with Gasteiger partial charge in [-0.3, -0.25) is 10.1 Å². The zero-order valence-electron chi connectivity index (χ0n) is 22.9. The maximum absolute atomic E-state index is 13.2. The molecule has 6 rings (SSSR count). The zero-order chi connectivity index (χ0) is 28.0. The third-order valence-electron chi connectivity index (χ3n) is 7.26. The third-order valence-corrected chi connectivity index (χ3v) is 7.26. The molecule has 0 bridgehead atoms. The molecule has 0 spiro atoms. The number of nitrogens with one attached hydrogen (secondary N) is 4. The van der Waals surface area contributed by atoms with Gasteiger partial charge in [-0.25, -0.2) is 14.5 Å². The highest BCUT2D eigenvalue weighted by Crippen LogP contribution is 2.32. The van der Waals surface area contributed by atoms with E-state index in [1.54, 1.807) is 35.1 Å². The number of urea groups is 1. The van der Waals surface area contributed by atoms with Crippen molar-refractivity contribution < 1.29 is 9.59 Å². The van der Waals surface area contributed by atoms with E-state index in [9.17, 15) is 9.59 Å². The molecule has 0 saturated heterocycles. The molecule has 10 nitrogen and oxygen atoms in total. The first-order valence-corrected chi connectivity index (χ1v) is 13.3. The van der Waals surface area contributed by atoms with Gasteiger partial charge in [0.15, 0.2) is 6.17 Å². The average molecular weight is 537 g/mol. The van der Waals surface area contributed by atoms with Crippen molar-refractivity contribution in [2.75, 3.05) is 29.5 Å². The van der Waals surface area contributed by atoms with Crippen molar-refractivity contribution in [3.8, 4) is 5.69 Å². The van der Waals surface area contributed by atoms with Gasteiger partial charge in [-0.15, -0.1) is 0 Å². The molecular weight excluding hydrogens is 504 g/mol. The minimum atomic E-state index is -0.406. The third kappa shape index (κ3) is 4.72. The minimum absolute atomic E-state index is 0.133. The van der Waals surface area contributed by atoms with Crippen molar-refractivity contribution in [1.29, 1.82) is 0 Å². The summed E-state index contributed by atoms with van der Waals surface area (Å²) in [4.78, 5) is 32.3. The number of likely N-dealkylation sites (N-methyl/N-ethyl adjacent to an activating group) is 1. The molecule has 2 aromatic carbocycles. The highest BCUT2D eigenvalue weighted by atomic mass is 16.2. The van der Waals surface area contributed by atoms with Crippen LogP contribution in [-0.2, 0) is 16.6 Å². The molecule has 0 radical (unpaired) electrons. The summed E-state index contributed by atoms with van der Waals surface area (Å²) in [6, 6.07) is 14.9. The van der Waals surface area contributed by atoms with Crippen LogP contribution >= 0.6 is 0 Å². The Balaban J connectivity index is 1.25. The van der Waals surface area contributed by atoms with Crippen molar-refractivity contribution in [2.24, 2.45) is 4.99 Å². The summed E-state index contributed by atoms with van der Waals surface area (Å²) < 4.78 is 1.78. The second kappa shape index (κ2) is 9.71. The number of aromatic nitrogens is 2. The first kappa shape index (κ1) is 25.4. The number of aliphatic imine (C=N–C) groups is 1. The predicted molar refractivity (Wildman–Crippen MR) is 158 cm³/mol. The number of hydrogen-bond donors (Lipinski definition) is 4. The van der Waals surface area contributed by atoms with E-state index in [-0.39, 0.29) is 17.5 Å². The van der Waals surface area contributed by atoms with Crippen LogP contribution in [0.4, 0.5) is 22.0 Å². The van der Waals surface area contributed by atoms with Crippen molar-refractivity contribution in [3.63, 3.8) is 0 Å². The molecule has 1 atom stereocenters. The maximum atomic E-state index is 13.2. The second-order valence-corrected chi connectivity index (χ2v) is 11.2. The smallest absolute Gasteiger partial charge is 0.324 e. The van der Waals surface area contributed by atoms with E-state index in [4.69, 9.17) is 5.10 Å². The summed E-state index contributed by atoms with van der Waals surface area (Å²) in [7, 11) is 1.73. The standard InChI is InChI=1S/C30H32N8O2/c1-30(2,3)25-15-26(38(36-25)22-8-9-24-19(13-22)10-11-32-24)35-29(40)34-21-7-5-6-18(12-21)23-14-20-16-31-17-33-27(20)37(4)28(23)39/h5-9,12-17,27,32H,10-11H2,1-4H3,(H,31,33)(H2,34,35,40). The summed E-state index contributed by atoms with van der Waals surface area (Å²) >= 11 is 0. The predicted octanol–water partition coefficient (Wildman–Crippen LogP) is 4.48. The molecule has 3 aliphatic heterocycles. The van der Waals surface area contributed by atoms with E-state index in [0.29, 0.717) is 22.6 Å².